The van der Waals surface area contributed by atoms with Crippen molar-refractivity contribution in [1.82, 2.24) is 4.98 Å². The lowest BCUT2D eigenvalue weighted by molar-refractivity contribution is -0.660. The number of benzene rings is 2. The summed E-state index contributed by atoms with van der Waals surface area (Å²) in [5.74, 6) is 0. The highest BCUT2D eigenvalue weighted by molar-refractivity contribution is 7.02. The van der Waals surface area contributed by atoms with Gasteiger partial charge in [-0.3, -0.25) is 4.98 Å². The maximum Gasteiger partial charge on any atom is 0.231 e. The highest BCUT2D eigenvalue weighted by Gasteiger charge is 2.37. The number of aromatic nitrogens is 2. The molecule has 2 aromatic carbocycles. The zero-order valence-corrected chi connectivity index (χ0v) is 16.5. The molecular formula is C21H24N3Si+. The summed E-state index contributed by atoms with van der Waals surface area (Å²) in [6.07, 6.45) is 5.81. The zero-order chi connectivity index (χ0) is 17.8. The van der Waals surface area contributed by atoms with Gasteiger partial charge in [-0.05, 0) is 41.1 Å². The van der Waals surface area contributed by atoms with Gasteiger partial charge in [0.2, 0.25) is 5.69 Å². The maximum atomic E-state index is 4.34. The molecule has 3 nitrogen and oxygen atoms in total. The monoisotopic (exact) mass is 346 g/mol. The molecule has 0 spiro atoms. The molecule has 0 atom stereocenters. The molecule has 2 heterocycles. The fourth-order valence-electron chi connectivity index (χ4n) is 4.00. The third kappa shape index (κ3) is 2.32. The molecule has 1 aliphatic heterocycles. The molecule has 1 aliphatic rings. The van der Waals surface area contributed by atoms with Crippen molar-refractivity contribution in [1.29, 1.82) is 0 Å². The van der Waals surface area contributed by atoms with Crippen LogP contribution in [0.3, 0.4) is 0 Å². The molecule has 3 aromatic rings. The van der Waals surface area contributed by atoms with Gasteiger partial charge in [-0.15, -0.1) is 0 Å². The highest BCUT2D eigenvalue weighted by Crippen LogP contribution is 2.33. The fraction of sp³-hybridized carbons (Fsp3) is 0.238. The van der Waals surface area contributed by atoms with E-state index in [1.54, 1.807) is 0 Å². The summed E-state index contributed by atoms with van der Waals surface area (Å²) in [5.41, 5.74) is 6.43. The van der Waals surface area contributed by atoms with Crippen molar-refractivity contribution in [2.45, 2.75) is 20.0 Å². The van der Waals surface area contributed by atoms with Gasteiger partial charge >= 0.3 is 0 Å². The third-order valence-electron chi connectivity index (χ3n) is 5.55. The van der Waals surface area contributed by atoms with Crippen molar-refractivity contribution in [3.63, 3.8) is 0 Å². The van der Waals surface area contributed by atoms with Crippen LogP contribution in [0.25, 0.3) is 11.3 Å². The second-order valence-corrected chi connectivity index (χ2v) is 11.8. The Morgan fingerprint density at radius 1 is 1.04 bits per heavy atom. The first-order chi connectivity index (χ1) is 11.9. The van der Waals surface area contributed by atoms with E-state index in [1.165, 1.54) is 32.9 Å². The van der Waals surface area contributed by atoms with Crippen LogP contribution >= 0.6 is 0 Å². The summed E-state index contributed by atoms with van der Waals surface area (Å²) in [5, 5.41) is 3.01. The van der Waals surface area contributed by atoms with E-state index in [2.05, 4.69) is 85.0 Å². The van der Waals surface area contributed by atoms with Gasteiger partial charge in [-0.2, -0.15) is 4.57 Å². The second kappa shape index (κ2) is 5.53. The SMILES string of the molecule is Cc1cc2c(cc1-c1cncc[n+]1C)[Si](C)(C)c1ccccc1N2C. The molecule has 4 rings (SSSR count). The molecule has 126 valence electrons. The molecule has 0 aliphatic carbocycles. The molecule has 0 unspecified atom stereocenters. The zero-order valence-electron chi connectivity index (χ0n) is 15.5. The average Bonchev–Trinajstić information content (AvgIpc) is 2.60. The number of hydrogen-bond donors (Lipinski definition) is 0. The number of hydrogen-bond acceptors (Lipinski definition) is 2. The summed E-state index contributed by atoms with van der Waals surface area (Å²) >= 11 is 0. The minimum absolute atomic E-state index is 1.16. The largest absolute Gasteiger partial charge is 0.345 e. The Morgan fingerprint density at radius 2 is 1.80 bits per heavy atom. The number of rotatable bonds is 1. The molecular weight excluding hydrogens is 322 g/mol. The van der Waals surface area contributed by atoms with Crippen LogP contribution in [0, 0.1) is 6.92 Å². The normalized spacial score (nSPS) is 14.8. The van der Waals surface area contributed by atoms with Crippen LogP contribution in [0.4, 0.5) is 11.4 Å². The van der Waals surface area contributed by atoms with Gasteiger partial charge in [-0.25, -0.2) is 0 Å². The summed E-state index contributed by atoms with van der Waals surface area (Å²) in [6, 6.07) is 13.6. The first-order valence-corrected chi connectivity index (χ1v) is 11.7. The van der Waals surface area contributed by atoms with Gasteiger partial charge in [-0.1, -0.05) is 31.3 Å². The Bertz CT molecular complexity index is 979. The van der Waals surface area contributed by atoms with Crippen molar-refractivity contribution < 1.29 is 4.57 Å². The number of fused-ring (bicyclic) bond motifs is 2. The molecule has 1 aromatic heterocycles. The summed E-state index contributed by atoms with van der Waals surface area (Å²) in [7, 11) is 2.52. The molecule has 0 amide bonds. The molecule has 0 N–H and O–H groups in total. The molecule has 0 fully saturated rings. The van der Waals surface area contributed by atoms with Crippen LogP contribution < -0.4 is 19.8 Å². The predicted molar refractivity (Wildman–Crippen MR) is 107 cm³/mol. The average molecular weight is 347 g/mol. The van der Waals surface area contributed by atoms with E-state index in [1.807, 2.05) is 18.6 Å². The van der Waals surface area contributed by atoms with Crippen molar-refractivity contribution in [3.8, 4) is 11.3 Å². The van der Waals surface area contributed by atoms with Crippen LogP contribution in [0.15, 0.2) is 55.0 Å². The van der Waals surface area contributed by atoms with Gasteiger partial charge in [0, 0.05) is 18.4 Å². The maximum absolute atomic E-state index is 4.34. The summed E-state index contributed by atoms with van der Waals surface area (Å²) in [4.78, 5) is 6.69. The van der Waals surface area contributed by atoms with E-state index in [-0.39, 0.29) is 0 Å². The lowest BCUT2D eigenvalue weighted by Gasteiger charge is -2.39. The molecule has 0 saturated carbocycles. The van der Waals surface area contributed by atoms with Crippen LogP contribution in [0.5, 0.6) is 0 Å². The Kier molecular flexibility index (Phi) is 3.54. The van der Waals surface area contributed by atoms with Crippen LogP contribution in [0.1, 0.15) is 5.56 Å². The Morgan fingerprint density at radius 3 is 2.56 bits per heavy atom. The van der Waals surface area contributed by atoms with E-state index >= 15 is 0 Å². The van der Waals surface area contributed by atoms with Gasteiger partial charge < -0.3 is 4.90 Å². The molecule has 4 heteroatoms. The number of anilines is 2. The predicted octanol–water partition coefficient (Wildman–Crippen LogP) is 2.79. The van der Waals surface area contributed by atoms with E-state index in [9.17, 15) is 0 Å². The first-order valence-electron chi connectivity index (χ1n) is 8.69. The van der Waals surface area contributed by atoms with Gasteiger partial charge in [0.1, 0.15) is 15.1 Å². The minimum Gasteiger partial charge on any atom is -0.345 e. The minimum atomic E-state index is -1.75. The Balaban J connectivity index is 1.99. The quantitative estimate of drug-likeness (QED) is 0.499. The molecule has 0 radical (unpaired) electrons. The standard InChI is InChI=1S/C21H24N3Si/c1-15-12-18-21(13-16(15)19-14-22-10-11-23(19)2)25(4,5)20-9-7-6-8-17(20)24(18)3/h6-14H,1-5H3/q+1. The van der Waals surface area contributed by atoms with Crippen LogP contribution in [0.2, 0.25) is 13.1 Å². The summed E-state index contributed by atoms with van der Waals surface area (Å²) < 4.78 is 2.15. The topological polar surface area (TPSA) is 20.0 Å². The van der Waals surface area contributed by atoms with Gasteiger partial charge in [0.25, 0.3) is 0 Å². The second-order valence-electron chi connectivity index (χ2n) is 7.46. The third-order valence-corrected chi connectivity index (χ3v) is 9.06. The van der Waals surface area contributed by atoms with Crippen molar-refractivity contribution in [2.75, 3.05) is 11.9 Å². The molecule has 25 heavy (non-hydrogen) atoms. The molecule has 0 bridgehead atoms. The number of nitrogens with zero attached hydrogens (tertiary/aromatic N) is 3. The molecule has 0 saturated heterocycles. The van der Waals surface area contributed by atoms with Crippen molar-refractivity contribution >= 4 is 29.8 Å². The van der Waals surface area contributed by atoms with E-state index in [0.717, 1.165) is 5.69 Å². The Labute approximate surface area is 150 Å². The van der Waals surface area contributed by atoms with E-state index in [0.29, 0.717) is 0 Å². The lowest BCUT2D eigenvalue weighted by atomic mass is 10.0. The highest BCUT2D eigenvalue weighted by atomic mass is 28.3. The van der Waals surface area contributed by atoms with Crippen molar-refractivity contribution in [3.05, 3.63) is 60.6 Å². The first kappa shape index (κ1) is 16.0. The fourth-order valence-corrected chi connectivity index (χ4v) is 7.08. The number of aryl methyl sites for hydroxylation is 2. The van der Waals surface area contributed by atoms with Gasteiger partial charge in [0.15, 0.2) is 6.20 Å². The van der Waals surface area contributed by atoms with E-state index in [4.69, 9.17) is 0 Å². The van der Waals surface area contributed by atoms with Crippen LogP contribution in [-0.2, 0) is 7.05 Å². The lowest BCUT2D eigenvalue weighted by Crippen LogP contribution is -2.58. The van der Waals surface area contributed by atoms with Crippen LogP contribution in [-0.4, -0.2) is 20.1 Å². The smallest absolute Gasteiger partial charge is 0.231 e. The summed E-state index contributed by atoms with van der Waals surface area (Å²) in [6.45, 7) is 7.12. The number of para-hydroxylation sites is 1. The van der Waals surface area contributed by atoms with Gasteiger partial charge in [0.05, 0.1) is 18.0 Å². The van der Waals surface area contributed by atoms with E-state index < -0.39 is 8.07 Å². The Hall–Kier alpha value is -2.46. The van der Waals surface area contributed by atoms with Crippen molar-refractivity contribution in [2.24, 2.45) is 7.05 Å².